The molecule has 21 heavy (non-hydrogen) atoms. The lowest BCUT2D eigenvalue weighted by Crippen LogP contribution is -2.57. The molecule has 3 rings (SSSR count). The highest BCUT2D eigenvalue weighted by molar-refractivity contribution is 5.85. The summed E-state index contributed by atoms with van der Waals surface area (Å²) in [7, 11) is 0. The molecule has 3 aliphatic carbocycles. The van der Waals surface area contributed by atoms with E-state index in [2.05, 4.69) is 41.5 Å². The number of carbonyl (C=O) groups excluding carboxylic acids is 1. The zero-order chi connectivity index (χ0) is 15.6. The van der Waals surface area contributed by atoms with Crippen molar-refractivity contribution in [3.8, 4) is 0 Å². The van der Waals surface area contributed by atoms with Gasteiger partial charge in [0.05, 0.1) is 0 Å². The molecule has 120 valence electrons. The van der Waals surface area contributed by atoms with Gasteiger partial charge < -0.3 is 0 Å². The minimum atomic E-state index is 0.231. The van der Waals surface area contributed by atoms with Crippen molar-refractivity contribution in [2.75, 3.05) is 0 Å². The van der Waals surface area contributed by atoms with Crippen molar-refractivity contribution in [1.82, 2.24) is 0 Å². The smallest absolute Gasteiger partial charge is 0.137 e. The molecule has 1 nitrogen and oxygen atoms in total. The molecule has 0 saturated heterocycles. The van der Waals surface area contributed by atoms with Gasteiger partial charge in [-0.25, -0.2) is 0 Å². The summed E-state index contributed by atoms with van der Waals surface area (Å²) >= 11 is 0. The zero-order valence-corrected chi connectivity index (χ0v) is 14.9. The summed E-state index contributed by atoms with van der Waals surface area (Å²) in [4.78, 5) is 12.9. The van der Waals surface area contributed by atoms with E-state index in [4.69, 9.17) is 0 Å². The van der Waals surface area contributed by atoms with Crippen LogP contribution in [0.1, 0.15) is 73.6 Å². The second-order valence-corrected chi connectivity index (χ2v) is 9.20. The average Bonchev–Trinajstić information content (AvgIpc) is 2.79. The van der Waals surface area contributed by atoms with Crippen molar-refractivity contribution in [3.63, 3.8) is 0 Å². The van der Waals surface area contributed by atoms with Gasteiger partial charge in [0, 0.05) is 12.3 Å². The van der Waals surface area contributed by atoms with Crippen molar-refractivity contribution in [2.45, 2.75) is 73.6 Å². The number of Topliss-reactive ketones (excluding diaryl/α,β-unsaturated/α-hetero) is 1. The van der Waals surface area contributed by atoms with Gasteiger partial charge in [0.25, 0.3) is 0 Å². The summed E-state index contributed by atoms with van der Waals surface area (Å²) in [5.41, 5.74) is 0.551. The van der Waals surface area contributed by atoms with Crippen molar-refractivity contribution in [2.24, 2.45) is 46.3 Å². The maximum Gasteiger partial charge on any atom is 0.137 e. The van der Waals surface area contributed by atoms with Crippen LogP contribution in [0.2, 0.25) is 0 Å². The largest absolute Gasteiger partial charge is 0.299 e. The molecule has 0 aromatic heterocycles. The lowest BCUT2D eigenvalue weighted by Gasteiger charge is -2.61. The quantitative estimate of drug-likeness (QED) is 0.589. The molecule has 0 N–H and O–H groups in total. The Kier molecular flexibility index (Phi) is 3.58. The van der Waals surface area contributed by atoms with Crippen LogP contribution >= 0.6 is 0 Å². The van der Waals surface area contributed by atoms with Gasteiger partial charge in [-0.05, 0) is 66.1 Å². The molecule has 0 aliphatic heterocycles. The van der Waals surface area contributed by atoms with E-state index >= 15 is 0 Å². The second-order valence-electron chi connectivity index (χ2n) is 9.20. The highest BCUT2D eigenvalue weighted by atomic mass is 16.1. The van der Waals surface area contributed by atoms with Crippen LogP contribution in [0.4, 0.5) is 0 Å². The fourth-order valence-corrected chi connectivity index (χ4v) is 6.81. The van der Waals surface area contributed by atoms with Crippen molar-refractivity contribution < 1.29 is 4.79 Å². The van der Waals surface area contributed by atoms with Crippen LogP contribution in [-0.2, 0) is 4.79 Å². The first-order chi connectivity index (χ1) is 9.75. The Hall–Kier alpha value is -0.330. The third kappa shape index (κ3) is 1.85. The molecule has 0 heterocycles. The molecular formula is C20H34O. The van der Waals surface area contributed by atoms with Gasteiger partial charge in [-0.3, -0.25) is 4.79 Å². The van der Waals surface area contributed by atoms with Crippen LogP contribution in [-0.4, -0.2) is 5.78 Å². The molecule has 3 aliphatic rings. The summed E-state index contributed by atoms with van der Waals surface area (Å²) in [5, 5.41) is 0. The van der Waals surface area contributed by atoms with Crippen LogP contribution < -0.4 is 0 Å². The molecule has 3 saturated carbocycles. The minimum absolute atomic E-state index is 0.231. The normalized spacial score (nSPS) is 57.5. The predicted molar refractivity (Wildman–Crippen MR) is 87.9 cm³/mol. The van der Waals surface area contributed by atoms with Crippen molar-refractivity contribution in [3.05, 3.63) is 0 Å². The zero-order valence-electron chi connectivity index (χ0n) is 14.9. The van der Waals surface area contributed by atoms with Gasteiger partial charge in [-0.15, -0.1) is 0 Å². The van der Waals surface area contributed by atoms with E-state index in [9.17, 15) is 4.79 Å². The summed E-state index contributed by atoms with van der Waals surface area (Å²) < 4.78 is 0. The first kappa shape index (κ1) is 15.6. The molecule has 1 heteroatoms. The highest BCUT2D eigenvalue weighted by Gasteiger charge is 2.64. The van der Waals surface area contributed by atoms with Crippen molar-refractivity contribution in [1.29, 1.82) is 0 Å². The van der Waals surface area contributed by atoms with Gasteiger partial charge in [0.2, 0.25) is 0 Å². The standard InChI is InChI=1S/C20H34O/c1-12-11-14(3)19(6)13(2)7-9-20(16(5)15(12)4)10-8-17(21)18(19)20/h12-16,18H,7-11H2,1-6H3. The Bertz CT molecular complexity index is 441. The minimum Gasteiger partial charge on any atom is -0.299 e. The molecule has 0 amide bonds. The fourth-order valence-electron chi connectivity index (χ4n) is 6.81. The monoisotopic (exact) mass is 290 g/mol. The van der Waals surface area contributed by atoms with Crippen LogP contribution in [0.3, 0.4) is 0 Å². The number of hydrogen-bond acceptors (Lipinski definition) is 1. The van der Waals surface area contributed by atoms with Gasteiger partial charge >= 0.3 is 0 Å². The van der Waals surface area contributed by atoms with Gasteiger partial charge in [-0.1, -0.05) is 41.5 Å². The lowest BCUT2D eigenvalue weighted by molar-refractivity contribution is -0.155. The number of ketones is 1. The summed E-state index contributed by atoms with van der Waals surface area (Å²) in [5.74, 6) is 4.54. The fraction of sp³-hybridized carbons (Fsp3) is 0.950. The Balaban J connectivity index is 2.16. The number of hydrogen-bond donors (Lipinski definition) is 0. The van der Waals surface area contributed by atoms with E-state index < -0.39 is 0 Å². The maximum absolute atomic E-state index is 12.9. The highest BCUT2D eigenvalue weighted by Crippen LogP contribution is 2.68. The summed E-state index contributed by atoms with van der Waals surface area (Å²) in [6.45, 7) is 14.7. The molecule has 8 unspecified atom stereocenters. The summed E-state index contributed by atoms with van der Waals surface area (Å²) in [6.07, 6.45) is 5.95. The predicted octanol–water partition coefficient (Wildman–Crippen LogP) is 5.34. The maximum atomic E-state index is 12.9. The van der Waals surface area contributed by atoms with Crippen LogP contribution in [0.15, 0.2) is 0 Å². The molecule has 2 bridgehead atoms. The van der Waals surface area contributed by atoms with Crippen LogP contribution in [0.25, 0.3) is 0 Å². The van der Waals surface area contributed by atoms with E-state index in [1.807, 2.05) is 0 Å². The Morgan fingerprint density at radius 2 is 1.67 bits per heavy atom. The number of rotatable bonds is 0. The van der Waals surface area contributed by atoms with Crippen LogP contribution in [0.5, 0.6) is 0 Å². The number of carbonyl (C=O) groups is 1. The molecule has 0 spiro atoms. The average molecular weight is 290 g/mol. The van der Waals surface area contributed by atoms with Gasteiger partial charge in [0.1, 0.15) is 5.78 Å². The first-order valence-electron chi connectivity index (χ1n) is 9.27. The Morgan fingerprint density at radius 1 is 1.00 bits per heavy atom. The van der Waals surface area contributed by atoms with Gasteiger partial charge in [0.15, 0.2) is 0 Å². The third-order valence-electron chi connectivity index (χ3n) is 8.84. The molecule has 0 radical (unpaired) electrons. The van der Waals surface area contributed by atoms with Gasteiger partial charge in [-0.2, -0.15) is 0 Å². The molecule has 3 fully saturated rings. The van der Waals surface area contributed by atoms with Crippen LogP contribution in [0, 0.1) is 46.3 Å². The molecule has 0 aromatic carbocycles. The van der Waals surface area contributed by atoms with E-state index in [1.165, 1.54) is 25.7 Å². The topological polar surface area (TPSA) is 17.1 Å². The third-order valence-corrected chi connectivity index (χ3v) is 8.84. The molecule has 0 aromatic rings. The first-order valence-corrected chi connectivity index (χ1v) is 9.27. The second kappa shape index (κ2) is 4.83. The Morgan fingerprint density at radius 3 is 2.33 bits per heavy atom. The molecular weight excluding hydrogens is 256 g/mol. The Labute approximate surface area is 131 Å². The lowest BCUT2D eigenvalue weighted by atomic mass is 9.43. The van der Waals surface area contributed by atoms with E-state index in [-0.39, 0.29) is 5.41 Å². The van der Waals surface area contributed by atoms with E-state index in [0.717, 1.165) is 18.3 Å². The van der Waals surface area contributed by atoms with E-state index in [1.54, 1.807) is 0 Å². The summed E-state index contributed by atoms with van der Waals surface area (Å²) in [6, 6.07) is 0. The van der Waals surface area contributed by atoms with E-state index in [0.29, 0.717) is 34.9 Å². The SMILES string of the molecule is CC1CC(C)C2(C)C(C)CCC3(CCC(=O)C32)C(C)C1C. The van der Waals surface area contributed by atoms with Crippen molar-refractivity contribution >= 4 is 5.78 Å². The molecule has 8 atom stereocenters.